The standard InChI is InChI=1S/C13H15N3O3/c1-13(2,3)16-6-4-5-8(16)7-9-10(17)14-12(19)15-11(9)18/h4-7H,1-3H3,(H2,14,15,17,18,19). The number of carbonyl (C=O) groups excluding carboxylic acids is 3. The molecule has 0 saturated carbocycles. The van der Waals surface area contributed by atoms with Crippen molar-refractivity contribution in [2.75, 3.05) is 0 Å². The number of hydrogen-bond acceptors (Lipinski definition) is 3. The molecule has 1 aliphatic rings. The third kappa shape index (κ3) is 2.57. The lowest BCUT2D eigenvalue weighted by Gasteiger charge is -2.24. The van der Waals surface area contributed by atoms with Crippen molar-refractivity contribution in [2.45, 2.75) is 26.3 Å². The van der Waals surface area contributed by atoms with E-state index in [2.05, 4.69) is 0 Å². The second-order valence-corrected chi connectivity index (χ2v) is 5.27. The summed E-state index contributed by atoms with van der Waals surface area (Å²) in [7, 11) is 0. The van der Waals surface area contributed by atoms with Crippen LogP contribution in [0.5, 0.6) is 0 Å². The SMILES string of the molecule is CC(C)(C)n1cccc1C=C1C(=O)NC(=O)NC1=O. The zero-order valence-electron chi connectivity index (χ0n) is 11.0. The number of nitrogens with one attached hydrogen (secondary N) is 2. The number of aromatic nitrogens is 1. The van der Waals surface area contributed by atoms with Crippen LogP contribution in [0.1, 0.15) is 26.5 Å². The molecular formula is C13H15N3O3. The third-order valence-electron chi connectivity index (χ3n) is 2.74. The van der Waals surface area contributed by atoms with Gasteiger partial charge < -0.3 is 4.57 Å². The first kappa shape index (κ1) is 13.1. The second-order valence-electron chi connectivity index (χ2n) is 5.27. The fraction of sp³-hybridized carbons (Fsp3) is 0.308. The van der Waals surface area contributed by atoms with Gasteiger partial charge in [0.2, 0.25) is 0 Å². The summed E-state index contributed by atoms with van der Waals surface area (Å²) in [5, 5.41) is 4.09. The first-order valence-electron chi connectivity index (χ1n) is 5.85. The Hall–Kier alpha value is -2.37. The van der Waals surface area contributed by atoms with Crippen molar-refractivity contribution in [2.24, 2.45) is 0 Å². The number of carbonyl (C=O) groups is 3. The lowest BCUT2D eigenvalue weighted by atomic mass is 10.1. The summed E-state index contributed by atoms with van der Waals surface area (Å²) in [5.74, 6) is -1.37. The summed E-state index contributed by atoms with van der Waals surface area (Å²) in [4.78, 5) is 34.2. The van der Waals surface area contributed by atoms with Gasteiger partial charge >= 0.3 is 6.03 Å². The van der Waals surface area contributed by atoms with Crippen molar-refractivity contribution < 1.29 is 14.4 Å². The topological polar surface area (TPSA) is 80.2 Å². The Morgan fingerprint density at radius 2 is 1.68 bits per heavy atom. The maximum Gasteiger partial charge on any atom is 0.328 e. The molecule has 0 spiro atoms. The molecule has 2 rings (SSSR count). The van der Waals surface area contributed by atoms with Crippen LogP contribution in [-0.2, 0) is 15.1 Å². The molecular weight excluding hydrogens is 246 g/mol. The Bertz CT molecular complexity index is 569. The van der Waals surface area contributed by atoms with Crippen LogP contribution in [0.4, 0.5) is 4.79 Å². The number of nitrogens with zero attached hydrogens (tertiary/aromatic N) is 1. The van der Waals surface area contributed by atoms with E-state index in [4.69, 9.17) is 0 Å². The van der Waals surface area contributed by atoms with Crippen LogP contribution in [-0.4, -0.2) is 22.4 Å². The fourth-order valence-corrected chi connectivity index (χ4v) is 1.88. The van der Waals surface area contributed by atoms with Gasteiger partial charge in [-0.1, -0.05) is 0 Å². The van der Waals surface area contributed by atoms with E-state index in [1.54, 1.807) is 6.07 Å². The van der Waals surface area contributed by atoms with Gasteiger partial charge in [0.25, 0.3) is 11.8 Å². The van der Waals surface area contributed by atoms with Crippen molar-refractivity contribution in [1.82, 2.24) is 15.2 Å². The molecule has 2 heterocycles. The van der Waals surface area contributed by atoms with Crippen molar-refractivity contribution >= 4 is 23.9 Å². The Balaban J connectivity index is 2.42. The molecule has 0 aliphatic carbocycles. The molecule has 6 heteroatoms. The summed E-state index contributed by atoms with van der Waals surface area (Å²) < 4.78 is 1.94. The number of barbiturate groups is 1. The van der Waals surface area contributed by atoms with Gasteiger partial charge in [-0.15, -0.1) is 0 Å². The first-order valence-corrected chi connectivity index (χ1v) is 5.85. The van der Waals surface area contributed by atoms with Crippen LogP contribution in [0, 0.1) is 0 Å². The molecule has 100 valence electrons. The van der Waals surface area contributed by atoms with Crippen molar-refractivity contribution in [3.63, 3.8) is 0 Å². The molecule has 0 aromatic carbocycles. The quantitative estimate of drug-likeness (QED) is 0.584. The van der Waals surface area contributed by atoms with Crippen LogP contribution in [0.3, 0.4) is 0 Å². The number of rotatable bonds is 1. The summed E-state index contributed by atoms with van der Waals surface area (Å²) in [6.45, 7) is 6.04. The summed E-state index contributed by atoms with van der Waals surface area (Å²) in [6, 6.07) is 2.84. The minimum absolute atomic E-state index is 0.0798. The average Bonchev–Trinajstić information content (AvgIpc) is 2.70. The van der Waals surface area contributed by atoms with Crippen LogP contribution in [0.2, 0.25) is 0 Å². The van der Waals surface area contributed by atoms with Crippen LogP contribution in [0.25, 0.3) is 6.08 Å². The third-order valence-corrected chi connectivity index (χ3v) is 2.74. The van der Waals surface area contributed by atoms with Crippen molar-refractivity contribution in [1.29, 1.82) is 0 Å². The zero-order valence-corrected chi connectivity index (χ0v) is 11.0. The molecule has 1 fully saturated rings. The molecule has 0 radical (unpaired) electrons. The summed E-state index contributed by atoms with van der Waals surface area (Å²) >= 11 is 0. The van der Waals surface area contributed by atoms with Gasteiger partial charge in [-0.2, -0.15) is 0 Å². The monoisotopic (exact) mass is 261 g/mol. The van der Waals surface area contributed by atoms with E-state index in [0.29, 0.717) is 0 Å². The summed E-state index contributed by atoms with van der Waals surface area (Å²) in [5.41, 5.74) is 0.471. The highest BCUT2D eigenvalue weighted by Gasteiger charge is 2.28. The highest BCUT2D eigenvalue weighted by Crippen LogP contribution is 2.20. The fourth-order valence-electron chi connectivity index (χ4n) is 1.88. The van der Waals surface area contributed by atoms with E-state index >= 15 is 0 Å². The van der Waals surface area contributed by atoms with E-state index in [1.165, 1.54) is 6.08 Å². The van der Waals surface area contributed by atoms with Gasteiger partial charge in [0, 0.05) is 17.4 Å². The second kappa shape index (κ2) is 4.38. The predicted octanol–water partition coefficient (Wildman–Crippen LogP) is 0.992. The van der Waals surface area contributed by atoms with Crippen LogP contribution >= 0.6 is 0 Å². The van der Waals surface area contributed by atoms with Gasteiger partial charge in [0.1, 0.15) is 5.57 Å². The minimum atomic E-state index is -0.793. The molecule has 1 aliphatic heterocycles. The molecule has 2 N–H and O–H groups in total. The number of imide groups is 2. The predicted molar refractivity (Wildman–Crippen MR) is 69.1 cm³/mol. The van der Waals surface area contributed by atoms with Gasteiger partial charge in [-0.05, 0) is 39.0 Å². The molecule has 1 saturated heterocycles. The molecule has 19 heavy (non-hydrogen) atoms. The summed E-state index contributed by atoms with van der Waals surface area (Å²) in [6.07, 6.45) is 3.35. The van der Waals surface area contributed by atoms with Crippen LogP contribution in [0.15, 0.2) is 23.9 Å². The van der Waals surface area contributed by atoms with Gasteiger partial charge in [-0.3, -0.25) is 20.2 Å². The van der Waals surface area contributed by atoms with Gasteiger partial charge in [-0.25, -0.2) is 4.79 Å². The van der Waals surface area contributed by atoms with Crippen molar-refractivity contribution in [3.8, 4) is 0 Å². The average molecular weight is 261 g/mol. The highest BCUT2D eigenvalue weighted by atomic mass is 16.2. The molecule has 0 unspecified atom stereocenters. The molecule has 0 bridgehead atoms. The number of urea groups is 1. The Kier molecular flexibility index (Phi) is 3.01. The number of amides is 4. The number of hydrogen-bond donors (Lipinski definition) is 2. The minimum Gasteiger partial charge on any atom is -0.343 e. The van der Waals surface area contributed by atoms with E-state index in [1.807, 2.05) is 48.2 Å². The maximum atomic E-state index is 11.6. The largest absolute Gasteiger partial charge is 0.343 e. The molecule has 4 amide bonds. The first-order chi connectivity index (χ1) is 8.79. The maximum absolute atomic E-state index is 11.6. The molecule has 0 atom stereocenters. The Morgan fingerprint density at radius 3 is 2.21 bits per heavy atom. The van der Waals surface area contributed by atoms with Crippen LogP contribution < -0.4 is 10.6 Å². The lowest BCUT2D eigenvalue weighted by Crippen LogP contribution is -2.51. The molecule has 1 aromatic rings. The smallest absolute Gasteiger partial charge is 0.328 e. The zero-order chi connectivity index (χ0) is 14.2. The molecule has 6 nitrogen and oxygen atoms in total. The van der Waals surface area contributed by atoms with Gasteiger partial charge in [0.05, 0.1) is 0 Å². The van der Waals surface area contributed by atoms with Crippen molar-refractivity contribution in [3.05, 3.63) is 29.6 Å². The van der Waals surface area contributed by atoms with E-state index < -0.39 is 17.8 Å². The van der Waals surface area contributed by atoms with E-state index in [0.717, 1.165) is 5.69 Å². The highest BCUT2D eigenvalue weighted by molar-refractivity contribution is 6.31. The molecule has 1 aromatic heterocycles. The van der Waals surface area contributed by atoms with Gasteiger partial charge in [0.15, 0.2) is 0 Å². The Morgan fingerprint density at radius 1 is 1.11 bits per heavy atom. The van der Waals surface area contributed by atoms with E-state index in [9.17, 15) is 14.4 Å². The van der Waals surface area contributed by atoms with E-state index in [-0.39, 0.29) is 11.1 Å². The Labute approximate surface area is 110 Å². The normalized spacial score (nSPS) is 16.2. The lowest BCUT2D eigenvalue weighted by molar-refractivity contribution is -0.123.